The quantitative estimate of drug-likeness (QED) is 0.215. The van der Waals surface area contributed by atoms with Crippen LogP contribution >= 0.6 is 0 Å². The zero-order valence-electron chi connectivity index (χ0n) is 22.8. The molecule has 2 bridgehead atoms. The van der Waals surface area contributed by atoms with Crippen LogP contribution in [0.5, 0.6) is 5.75 Å². The van der Waals surface area contributed by atoms with Crippen molar-refractivity contribution in [2.45, 2.75) is 57.1 Å². The Kier molecular flexibility index (Phi) is 6.18. The second-order valence-corrected chi connectivity index (χ2v) is 10.6. The van der Waals surface area contributed by atoms with Crippen molar-refractivity contribution in [1.29, 1.82) is 0 Å². The highest BCUT2D eigenvalue weighted by molar-refractivity contribution is 6.31. The summed E-state index contributed by atoms with van der Waals surface area (Å²) in [7, 11) is 0. The summed E-state index contributed by atoms with van der Waals surface area (Å²) < 4.78 is 11.4. The van der Waals surface area contributed by atoms with E-state index in [0.29, 0.717) is 23.2 Å². The lowest BCUT2D eigenvalue weighted by Crippen LogP contribution is -2.53. The molecule has 1 saturated heterocycles. The van der Waals surface area contributed by atoms with Crippen LogP contribution in [0.15, 0.2) is 36.4 Å². The second-order valence-electron chi connectivity index (χ2n) is 10.6. The van der Waals surface area contributed by atoms with Gasteiger partial charge < -0.3 is 30.3 Å². The Hall–Kier alpha value is -4.57. The number of anilines is 1. The fourth-order valence-corrected chi connectivity index (χ4v) is 6.31. The van der Waals surface area contributed by atoms with Crippen LogP contribution in [0.25, 0.3) is 0 Å². The van der Waals surface area contributed by atoms with Gasteiger partial charge in [-0.25, -0.2) is 4.79 Å². The van der Waals surface area contributed by atoms with E-state index in [9.17, 15) is 24.6 Å². The van der Waals surface area contributed by atoms with Crippen molar-refractivity contribution in [3.63, 3.8) is 0 Å². The van der Waals surface area contributed by atoms with E-state index in [4.69, 9.17) is 9.47 Å². The third-order valence-corrected chi connectivity index (χ3v) is 8.20. The van der Waals surface area contributed by atoms with E-state index in [1.807, 2.05) is 13.8 Å². The van der Waals surface area contributed by atoms with Gasteiger partial charge in [0.15, 0.2) is 17.2 Å². The molecule has 2 aliphatic carbocycles. The highest BCUT2D eigenvalue weighted by Crippen LogP contribution is 2.68. The summed E-state index contributed by atoms with van der Waals surface area (Å²) >= 11 is 0. The molecule has 0 aromatic heterocycles. The SMILES string of the molecule is CCCOC(=O)NCc1ccc2c(c1)C(=O)c1c(O)cc3c(c1C2=O)N[C@H]1C#C/C=C\C#C[C@@H](C)[C@@]32O[C@@]12[C@@H](C)O. The number of fused-ring (bicyclic) bond motifs is 4. The molecule has 6 rings (SSSR count). The van der Waals surface area contributed by atoms with Gasteiger partial charge in [-0.2, -0.15) is 0 Å². The van der Waals surface area contributed by atoms with E-state index in [1.54, 1.807) is 37.3 Å². The molecule has 2 aromatic rings. The van der Waals surface area contributed by atoms with E-state index in [1.165, 1.54) is 6.07 Å². The summed E-state index contributed by atoms with van der Waals surface area (Å²) in [6.07, 6.45) is 2.38. The van der Waals surface area contributed by atoms with Gasteiger partial charge >= 0.3 is 6.09 Å². The third kappa shape index (κ3) is 3.70. The maximum absolute atomic E-state index is 14.0. The maximum Gasteiger partial charge on any atom is 0.407 e. The van der Waals surface area contributed by atoms with Gasteiger partial charge in [-0.3, -0.25) is 9.59 Å². The van der Waals surface area contributed by atoms with Gasteiger partial charge in [0.2, 0.25) is 0 Å². The van der Waals surface area contributed by atoms with Crippen molar-refractivity contribution in [3.8, 4) is 29.4 Å². The summed E-state index contributed by atoms with van der Waals surface area (Å²) in [6.45, 7) is 5.74. The Bertz CT molecular complexity index is 1690. The number of phenolic OH excluding ortho intramolecular Hbond substituents is 1. The number of ether oxygens (including phenoxy) is 2. The van der Waals surface area contributed by atoms with E-state index in [-0.39, 0.29) is 41.2 Å². The number of carbonyl (C=O) groups is 3. The summed E-state index contributed by atoms with van der Waals surface area (Å²) in [5.41, 5.74) is -0.807. The van der Waals surface area contributed by atoms with E-state index in [2.05, 4.69) is 34.3 Å². The highest BCUT2D eigenvalue weighted by atomic mass is 16.6. The Morgan fingerprint density at radius 3 is 2.61 bits per heavy atom. The first kappa shape index (κ1) is 26.6. The summed E-state index contributed by atoms with van der Waals surface area (Å²) in [4.78, 5) is 39.7. The van der Waals surface area contributed by atoms with Crippen molar-refractivity contribution < 1.29 is 34.1 Å². The van der Waals surface area contributed by atoms with Crippen LogP contribution < -0.4 is 10.6 Å². The molecule has 0 unspecified atom stereocenters. The molecule has 4 N–H and O–H groups in total. The zero-order valence-corrected chi connectivity index (χ0v) is 22.8. The topological polar surface area (TPSA) is 137 Å². The van der Waals surface area contributed by atoms with Crippen LogP contribution in [-0.2, 0) is 21.6 Å². The minimum Gasteiger partial charge on any atom is -0.507 e. The molecule has 5 atom stereocenters. The smallest absolute Gasteiger partial charge is 0.407 e. The van der Waals surface area contributed by atoms with Crippen molar-refractivity contribution in [2.75, 3.05) is 11.9 Å². The number of hydrogen-bond acceptors (Lipinski definition) is 8. The van der Waals surface area contributed by atoms with Gasteiger partial charge in [0, 0.05) is 23.2 Å². The lowest BCUT2D eigenvalue weighted by Gasteiger charge is -2.38. The van der Waals surface area contributed by atoms with Crippen LogP contribution in [-0.4, -0.2) is 52.2 Å². The van der Waals surface area contributed by atoms with Crippen molar-refractivity contribution >= 4 is 23.3 Å². The number of rotatable bonds is 5. The number of hydrogen-bond donors (Lipinski definition) is 4. The van der Waals surface area contributed by atoms with Gasteiger partial charge in [-0.05, 0) is 56.2 Å². The molecular formula is C32H28N2O7. The largest absolute Gasteiger partial charge is 0.507 e. The number of ketones is 2. The van der Waals surface area contributed by atoms with Gasteiger partial charge in [-0.15, -0.1) is 0 Å². The number of carbonyl (C=O) groups excluding carboxylic acids is 3. The number of allylic oxidation sites excluding steroid dienone is 2. The van der Waals surface area contributed by atoms with Crippen LogP contribution in [0.2, 0.25) is 0 Å². The fourth-order valence-electron chi connectivity index (χ4n) is 6.31. The Morgan fingerprint density at radius 2 is 1.88 bits per heavy atom. The molecule has 41 heavy (non-hydrogen) atoms. The molecule has 0 saturated carbocycles. The molecule has 0 radical (unpaired) electrons. The number of amides is 1. The maximum atomic E-state index is 14.0. The number of alkyl carbamates (subject to hydrolysis) is 1. The summed E-state index contributed by atoms with van der Waals surface area (Å²) in [6, 6.07) is 5.44. The van der Waals surface area contributed by atoms with Crippen molar-refractivity contribution in [1.82, 2.24) is 5.32 Å². The van der Waals surface area contributed by atoms with Crippen molar-refractivity contribution in [2.24, 2.45) is 5.92 Å². The average Bonchev–Trinajstić information content (AvgIpc) is 3.69. The van der Waals surface area contributed by atoms with Gasteiger partial charge in [0.1, 0.15) is 17.4 Å². The molecule has 1 amide bonds. The van der Waals surface area contributed by atoms with Gasteiger partial charge in [0.25, 0.3) is 0 Å². The lowest BCUT2D eigenvalue weighted by atomic mass is 9.67. The van der Waals surface area contributed by atoms with Gasteiger partial charge in [-0.1, -0.05) is 36.7 Å². The average molecular weight is 553 g/mol. The molecule has 208 valence electrons. The minimum absolute atomic E-state index is 0.0279. The van der Waals surface area contributed by atoms with Crippen LogP contribution in [0.3, 0.4) is 0 Å². The second kappa shape index (κ2) is 9.52. The van der Waals surface area contributed by atoms with Crippen LogP contribution in [0, 0.1) is 29.6 Å². The number of nitrogens with one attached hydrogen (secondary N) is 2. The Labute approximate surface area is 236 Å². The van der Waals surface area contributed by atoms with E-state index >= 15 is 0 Å². The molecule has 9 heteroatoms. The Morgan fingerprint density at radius 1 is 1.15 bits per heavy atom. The molecular weight excluding hydrogens is 524 g/mol. The van der Waals surface area contributed by atoms with Gasteiger partial charge in [0.05, 0.1) is 35.4 Å². The fraction of sp³-hybridized carbons (Fsp3) is 0.344. The normalized spacial score (nSPS) is 27.5. The number of benzene rings is 2. The number of aromatic hydroxyl groups is 1. The predicted molar refractivity (Wildman–Crippen MR) is 148 cm³/mol. The Balaban J connectivity index is 1.46. The molecule has 9 nitrogen and oxygen atoms in total. The monoisotopic (exact) mass is 552 g/mol. The summed E-state index contributed by atoms with van der Waals surface area (Å²) in [5.74, 6) is 10.3. The molecule has 1 fully saturated rings. The molecule has 2 aromatic carbocycles. The first-order valence-electron chi connectivity index (χ1n) is 13.5. The number of aliphatic hydroxyl groups excluding tert-OH is 1. The first-order valence-corrected chi connectivity index (χ1v) is 13.5. The van der Waals surface area contributed by atoms with E-state index < -0.39 is 46.9 Å². The number of epoxide rings is 1. The third-order valence-electron chi connectivity index (χ3n) is 8.20. The van der Waals surface area contributed by atoms with Crippen LogP contribution in [0.4, 0.5) is 10.5 Å². The molecule has 2 aliphatic heterocycles. The summed E-state index contributed by atoms with van der Waals surface area (Å²) in [5, 5.41) is 28.1. The number of phenols is 1. The molecule has 0 spiro atoms. The standard InChI is InChI=1S/C32H28N2O7/c1-4-13-40-30(39)33-16-19-11-12-20-21(14-19)29(38)25-23(36)15-22-27(26(25)28(20)37)34-24-10-8-6-5-7-9-17(2)31(22)32(24,41-31)18(3)35/h5-6,11-12,14-15,17-18,24,34-36H,4,13,16H2,1-3H3,(H,33,39)/b6-5-/t17-,18-,24+,31-,32+/m1/s1. The highest BCUT2D eigenvalue weighted by Gasteiger charge is 2.81. The van der Waals surface area contributed by atoms with E-state index in [0.717, 1.165) is 0 Å². The first-order chi connectivity index (χ1) is 19.7. The van der Waals surface area contributed by atoms with Crippen LogP contribution in [0.1, 0.15) is 70.2 Å². The predicted octanol–water partition coefficient (Wildman–Crippen LogP) is 3.16. The zero-order chi connectivity index (χ0) is 29.1. The minimum atomic E-state index is -1.19. The number of aliphatic hydroxyl groups is 1. The molecule has 4 aliphatic rings. The molecule has 2 heterocycles. The van der Waals surface area contributed by atoms with Crippen molar-refractivity contribution in [3.05, 3.63) is 69.8 Å². The lowest BCUT2D eigenvalue weighted by molar-refractivity contribution is 0.0868.